The highest BCUT2D eigenvalue weighted by atomic mass is 35.5. The van der Waals surface area contributed by atoms with Gasteiger partial charge in [-0.2, -0.15) is 5.26 Å². The third-order valence-electron chi connectivity index (χ3n) is 3.03. The molecule has 108 valence electrons. The van der Waals surface area contributed by atoms with Crippen molar-refractivity contribution < 1.29 is 0 Å². The van der Waals surface area contributed by atoms with Crippen LogP contribution in [0.4, 0.5) is 17.3 Å². The Labute approximate surface area is 129 Å². The smallest absolute Gasteiger partial charge is 0.139 e. The number of nitrogens with one attached hydrogen (secondary N) is 2. The van der Waals surface area contributed by atoms with E-state index in [2.05, 4.69) is 33.6 Å². The molecular weight excluding hydrogens is 286 g/mol. The standard InChI is InChI=1S/C15H16ClN5/c1-3-4-11-14(18-2)19-9-20-15(11)21-13-7-10(8-17)5-6-12(13)16/h5-7,9H,3-4H2,1-2H3,(H2,18,19,20,21). The molecule has 2 N–H and O–H groups in total. The van der Waals surface area contributed by atoms with Crippen LogP contribution in [0.2, 0.25) is 5.02 Å². The van der Waals surface area contributed by atoms with Gasteiger partial charge in [0.05, 0.1) is 22.3 Å². The van der Waals surface area contributed by atoms with Gasteiger partial charge in [0.25, 0.3) is 0 Å². The Balaban J connectivity index is 2.42. The zero-order chi connectivity index (χ0) is 15.2. The SMILES string of the molecule is CCCc1c(NC)ncnc1Nc1cc(C#N)ccc1Cl. The number of rotatable bonds is 5. The summed E-state index contributed by atoms with van der Waals surface area (Å²) < 4.78 is 0. The van der Waals surface area contributed by atoms with Gasteiger partial charge in [-0.25, -0.2) is 9.97 Å². The quantitative estimate of drug-likeness (QED) is 0.880. The van der Waals surface area contributed by atoms with Gasteiger partial charge in [-0.15, -0.1) is 0 Å². The monoisotopic (exact) mass is 301 g/mol. The van der Waals surface area contributed by atoms with Crippen LogP contribution in [0.25, 0.3) is 0 Å². The van der Waals surface area contributed by atoms with Crippen molar-refractivity contribution in [2.75, 3.05) is 17.7 Å². The summed E-state index contributed by atoms with van der Waals surface area (Å²) in [6, 6.07) is 7.18. The Morgan fingerprint density at radius 3 is 2.71 bits per heavy atom. The lowest BCUT2D eigenvalue weighted by molar-refractivity contribution is 0.905. The molecule has 0 bridgehead atoms. The van der Waals surface area contributed by atoms with E-state index in [-0.39, 0.29) is 0 Å². The summed E-state index contributed by atoms with van der Waals surface area (Å²) >= 11 is 6.18. The minimum atomic E-state index is 0.543. The van der Waals surface area contributed by atoms with E-state index in [0.29, 0.717) is 22.1 Å². The summed E-state index contributed by atoms with van der Waals surface area (Å²) in [5.74, 6) is 1.50. The Bertz CT molecular complexity index is 678. The van der Waals surface area contributed by atoms with Crippen LogP contribution in [-0.2, 0) is 6.42 Å². The molecule has 0 saturated carbocycles. The van der Waals surface area contributed by atoms with Crippen LogP contribution in [-0.4, -0.2) is 17.0 Å². The van der Waals surface area contributed by atoms with Gasteiger partial charge in [-0.1, -0.05) is 24.9 Å². The average Bonchev–Trinajstić information content (AvgIpc) is 2.51. The molecule has 1 aromatic carbocycles. The normalized spacial score (nSPS) is 10.0. The van der Waals surface area contributed by atoms with E-state index in [1.807, 2.05) is 7.05 Å². The van der Waals surface area contributed by atoms with Crippen molar-refractivity contribution >= 4 is 28.9 Å². The molecule has 6 heteroatoms. The molecule has 2 rings (SSSR count). The van der Waals surface area contributed by atoms with E-state index in [1.54, 1.807) is 18.2 Å². The van der Waals surface area contributed by atoms with Crippen molar-refractivity contribution in [3.8, 4) is 6.07 Å². The number of hydrogen-bond donors (Lipinski definition) is 2. The van der Waals surface area contributed by atoms with E-state index >= 15 is 0 Å². The second-order valence-electron chi connectivity index (χ2n) is 4.48. The third kappa shape index (κ3) is 3.41. The molecule has 0 saturated heterocycles. The minimum absolute atomic E-state index is 0.543. The fourth-order valence-corrected chi connectivity index (χ4v) is 2.21. The summed E-state index contributed by atoms with van der Waals surface area (Å²) in [6.45, 7) is 2.10. The molecule has 0 spiro atoms. The summed E-state index contributed by atoms with van der Waals surface area (Å²) in [5, 5.41) is 15.8. The van der Waals surface area contributed by atoms with Crippen molar-refractivity contribution in [3.63, 3.8) is 0 Å². The Morgan fingerprint density at radius 1 is 1.29 bits per heavy atom. The minimum Gasteiger partial charge on any atom is -0.373 e. The maximum Gasteiger partial charge on any atom is 0.139 e. The lowest BCUT2D eigenvalue weighted by Crippen LogP contribution is -2.06. The molecule has 2 aromatic rings. The first-order valence-electron chi connectivity index (χ1n) is 6.67. The molecule has 5 nitrogen and oxygen atoms in total. The molecule has 0 atom stereocenters. The first-order valence-corrected chi connectivity index (χ1v) is 7.05. The zero-order valence-corrected chi connectivity index (χ0v) is 12.7. The third-order valence-corrected chi connectivity index (χ3v) is 3.36. The number of halogens is 1. The molecule has 0 amide bonds. The fraction of sp³-hybridized carbons (Fsp3) is 0.267. The van der Waals surface area contributed by atoms with Crippen LogP contribution in [0, 0.1) is 11.3 Å². The van der Waals surface area contributed by atoms with Crippen LogP contribution in [0.15, 0.2) is 24.5 Å². The lowest BCUT2D eigenvalue weighted by Gasteiger charge is -2.14. The second kappa shape index (κ2) is 6.91. The van der Waals surface area contributed by atoms with Crippen LogP contribution >= 0.6 is 11.6 Å². The van der Waals surface area contributed by atoms with Gasteiger partial charge in [-0.3, -0.25) is 0 Å². The van der Waals surface area contributed by atoms with E-state index in [4.69, 9.17) is 16.9 Å². The molecule has 1 aromatic heterocycles. The van der Waals surface area contributed by atoms with Crippen molar-refractivity contribution in [1.29, 1.82) is 5.26 Å². The number of nitriles is 1. The molecule has 1 heterocycles. The molecular formula is C15H16ClN5. The van der Waals surface area contributed by atoms with Gasteiger partial charge in [0.2, 0.25) is 0 Å². The van der Waals surface area contributed by atoms with Crippen molar-refractivity contribution in [1.82, 2.24) is 9.97 Å². The van der Waals surface area contributed by atoms with Gasteiger partial charge in [0.15, 0.2) is 0 Å². The Morgan fingerprint density at radius 2 is 2.05 bits per heavy atom. The molecule has 0 fully saturated rings. The maximum atomic E-state index is 8.98. The fourth-order valence-electron chi connectivity index (χ4n) is 2.04. The molecule has 0 radical (unpaired) electrons. The van der Waals surface area contributed by atoms with Gasteiger partial charge in [0, 0.05) is 12.6 Å². The Kier molecular flexibility index (Phi) is 4.96. The molecule has 0 aliphatic rings. The predicted molar refractivity (Wildman–Crippen MR) is 85.0 cm³/mol. The molecule has 0 aliphatic carbocycles. The summed E-state index contributed by atoms with van der Waals surface area (Å²) in [4.78, 5) is 8.52. The summed E-state index contributed by atoms with van der Waals surface area (Å²) in [7, 11) is 1.83. The van der Waals surface area contributed by atoms with E-state index in [1.165, 1.54) is 6.33 Å². The Hall–Kier alpha value is -2.32. The highest BCUT2D eigenvalue weighted by molar-refractivity contribution is 6.33. The summed E-state index contributed by atoms with van der Waals surface area (Å²) in [6.07, 6.45) is 3.31. The van der Waals surface area contributed by atoms with Crippen molar-refractivity contribution in [2.45, 2.75) is 19.8 Å². The number of benzene rings is 1. The number of hydrogen-bond acceptors (Lipinski definition) is 5. The van der Waals surface area contributed by atoms with Crippen LogP contribution in [0.1, 0.15) is 24.5 Å². The number of anilines is 3. The average molecular weight is 302 g/mol. The van der Waals surface area contributed by atoms with Gasteiger partial charge >= 0.3 is 0 Å². The first kappa shape index (κ1) is 15.1. The van der Waals surface area contributed by atoms with Gasteiger partial charge in [0.1, 0.15) is 18.0 Å². The van der Waals surface area contributed by atoms with Crippen LogP contribution < -0.4 is 10.6 Å². The largest absolute Gasteiger partial charge is 0.373 e. The van der Waals surface area contributed by atoms with Crippen LogP contribution in [0.3, 0.4) is 0 Å². The highest BCUT2D eigenvalue weighted by Crippen LogP contribution is 2.29. The van der Waals surface area contributed by atoms with Crippen molar-refractivity contribution in [3.05, 3.63) is 40.7 Å². The molecule has 21 heavy (non-hydrogen) atoms. The first-order chi connectivity index (χ1) is 10.2. The molecule has 0 unspecified atom stereocenters. The van der Waals surface area contributed by atoms with E-state index in [9.17, 15) is 0 Å². The highest BCUT2D eigenvalue weighted by Gasteiger charge is 2.11. The lowest BCUT2D eigenvalue weighted by atomic mass is 10.1. The molecule has 0 aliphatic heterocycles. The van der Waals surface area contributed by atoms with E-state index < -0.39 is 0 Å². The predicted octanol–water partition coefficient (Wildman–Crippen LogP) is 3.74. The zero-order valence-electron chi connectivity index (χ0n) is 11.9. The number of aromatic nitrogens is 2. The van der Waals surface area contributed by atoms with Crippen LogP contribution in [0.5, 0.6) is 0 Å². The number of nitrogens with zero attached hydrogens (tertiary/aromatic N) is 3. The van der Waals surface area contributed by atoms with Gasteiger partial charge < -0.3 is 10.6 Å². The second-order valence-corrected chi connectivity index (χ2v) is 4.89. The van der Waals surface area contributed by atoms with Gasteiger partial charge in [-0.05, 0) is 24.6 Å². The van der Waals surface area contributed by atoms with E-state index in [0.717, 1.165) is 24.2 Å². The van der Waals surface area contributed by atoms with Crippen molar-refractivity contribution in [2.24, 2.45) is 0 Å². The topological polar surface area (TPSA) is 73.6 Å². The summed E-state index contributed by atoms with van der Waals surface area (Å²) in [5.41, 5.74) is 2.21. The maximum absolute atomic E-state index is 8.98.